The van der Waals surface area contributed by atoms with Gasteiger partial charge in [0.15, 0.2) is 5.58 Å². The molecular weight excluding hydrogens is 290 g/mol. The number of carbonyl (C=O) groups is 1. The summed E-state index contributed by atoms with van der Waals surface area (Å²) in [4.78, 5) is 18.1. The van der Waals surface area contributed by atoms with Gasteiger partial charge in [-0.2, -0.15) is 0 Å². The SMILES string of the molecule is CCN(C(=O)CS(=O)c1nc2ccc(N)cc2o1)C1CC1. The summed E-state index contributed by atoms with van der Waals surface area (Å²) in [5.41, 5.74) is 7.30. The Bertz CT molecular complexity index is 709. The quantitative estimate of drug-likeness (QED) is 0.846. The highest BCUT2D eigenvalue weighted by atomic mass is 32.2. The first kappa shape index (κ1) is 14.1. The van der Waals surface area contributed by atoms with E-state index >= 15 is 0 Å². The molecule has 1 unspecified atom stereocenters. The van der Waals surface area contributed by atoms with Gasteiger partial charge in [0, 0.05) is 24.3 Å². The number of rotatable bonds is 5. The van der Waals surface area contributed by atoms with Crippen molar-refractivity contribution in [3.05, 3.63) is 18.2 Å². The number of amides is 1. The Balaban J connectivity index is 1.75. The predicted octanol–water partition coefficient (Wildman–Crippen LogP) is 1.53. The van der Waals surface area contributed by atoms with Crippen molar-refractivity contribution in [2.24, 2.45) is 0 Å². The molecular formula is C14H17N3O3S. The first-order chi connectivity index (χ1) is 10.1. The topological polar surface area (TPSA) is 89.4 Å². The molecule has 1 aliphatic carbocycles. The third kappa shape index (κ3) is 2.92. The van der Waals surface area contributed by atoms with Gasteiger partial charge in [0.05, 0.1) is 0 Å². The van der Waals surface area contributed by atoms with Crippen molar-refractivity contribution in [1.82, 2.24) is 9.88 Å². The molecule has 1 saturated carbocycles. The molecule has 1 fully saturated rings. The molecule has 1 aromatic carbocycles. The molecule has 0 spiro atoms. The molecule has 0 bridgehead atoms. The van der Waals surface area contributed by atoms with Crippen molar-refractivity contribution >= 4 is 33.5 Å². The molecule has 0 aliphatic heterocycles. The van der Waals surface area contributed by atoms with Crippen LogP contribution in [0.3, 0.4) is 0 Å². The minimum atomic E-state index is -1.57. The van der Waals surface area contributed by atoms with Gasteiger partial charge in [0.25, 0.3) is 5.22 Å². The molecule has 1 aliphatic rings. The zero-order valence-electron chi connectivity index (χ0n) is 11.7. The number of nitrogens with two attached hydrogens (primary N) is 1. The molecule has 7 heteroatoms. The van der Waals surface area contributed by atoms with Crippen molar-refractivity contribution in [2.75, 3.05) is 18.0 Å². The summed E-state index contributed by atoms with van der Waals surface area (Å²) in [6.45, 7) is 2.58. The predicted molar refractivity (Wildman–Crippen MR) is 80.1 cm³/mol. The largest absolute Gasteiger partial charge is 0.430 e. The van der Waals surface area contributed by atoms with E-state index in [4.69, 9.17) is 10.2 Å². The second-order valence-corrected chi connectivity index (χ2v) is 6.44. The third-order valence-corrected chi connectivity index (χ3v) is 4.56. The molecule has 1 aromatic heterocycles. The van der Waals surface area contributed by atoms with Crippen molar-refractivity contribution in [1.29, 1.82) is 0 Å². The number of aromatic nitrogens is 1. The van der Waals surface area contributed by atoms with E-state index in [0.29, 0.717) is 29.4 Å². The Hall–Kier alpha value is -1.89. The minimum Gasteiger partial charge on any atom is -0.430 e. The number of fused-ring (bicyclic) bond motifs is 1. The zero-order valence-corrected chi connectivity index (χ0v) is 12.6. The molecule has 21 heavy (non-hydrogen) atoms. The second kappa shape index (κ2) is 5.48. The van der Waals surface area contributed by atoms with E-state index in [1.54, 1.807) is 23.1 Å². The van der Waals surface area contributed by atoms with Crippen LogP contribution in [-0.2, 0) is 15.6 Å². The molecule has 1 amide bonds. The lowest BCUT2D eigenvalue weighted by molar-refractivity contribution is -0.128. The number of hydrogen-bond donors (Lipinski definition) is 1. The van der Waals surface area contributed by atoms with Crippen LogP contribution in [0.25, 0.3) is 11.1 Å². The monoisotopic (exact) mass is 307 g/mol. The van der Waals surface area contributed by atoms with E-state index in [-0.39, 0.29) is 16.9 Å². The van der Waals surface area contributed by atoms with Gasteiger partial charge in [0.2, 0.25) is 5.91 Å². The molecule has 112 valence electrons. The van der Waals surface area contributed by atoms with Gasteiger partial charge in [-0.1, -0.05) is 0 Å². The number of nitrogen functional groups attached to an aromatic ring is 1. The van der Waals surface area contributed by atoms with E-state index in [9.17, 15) is 9.00 Å². The summed E-state index contributed by atoms with van der Waals surface area (Å²) in [5, 5.41) is 0.0794. The summed E-state index contributed by atoms with van der Waals surface area (Å²) < 4.78 is 17.7. The summed E-state index contributed by atoms with van der Waals surface area (Å²) >= 11 is 0. The Kier molecular flexibility index (Phi) is 3.67. The van der Waals surface area contributed by atoms with Gasteiger partial charge in [-0.25, -0.2) is 9.19 Å². The number of oxazole rings is 1. The summed E-state index contributed by atoms with van der Waals surface area (Å²) in [6.07, 6.45) is 2.07. The highest BCUT2D eigenvalue weighted by Gasteiger charge is 2.32. The van der Waals surface area contributed by atoms with Crippen molar-refractivity contribution in [3.63, 3.8) is 0 Å². The Morgan fingerprint density at radius 2 is 2.29 bits per heavy atom. The fourth-order valence-electron chi connectivity index (χ4n) is 2.30. The summed E-state index contributed by atoms with van der Waals surface area (Å²) in [6, 6.07) is 5.37. The van der Waals surface area contributed by atoms with E-state index in [2.05, 4.69) is 4.98 Å². The Morgan fingerprint density at radius 1 is 1.52 bits per heavy atom. The highest BCUT2D eigenvalue weighted by Crippen LogP contribution is 2.27. The van der Waals surface area contributed by atoms with E-state index < -0.39 is 10.8 Å². The summed E-state index contributed by atoms with van der Waals surface area (Å²) in [5.74, 6) is -0.202. The molecule has 2 N–H and O–H groups in total. The average molecular weight is 307 g/mol. The normalized spacial score (nSPS) is 16.0. The lowest BCUT2D eigenvalue weighted by Crippen LogP contribution is -2.36. The zero-order chi connectivity index (χ0) is 15.0. The molecule has 6 nitrogen and oxygen atoms in total. The number of hydrogen-bond acceptors (Lipinski definition) is 5. The first-order valence-electron chi connectivity index (χ1n) is 6.92. The standard InChI is InChI=1S/C14H17N3O3S/c1-2-17(10-4-5-10)13(18)8-21(19)14-16-11-6-3-9(15)7-12(11)20-14/h3,6-7,10H,2,4-5,8,15H2,1H3. The van der Waals surface area contributed by atoms with Gasteiger partial charge in [-0.05, 0) is 31.9 Å². The minimum absolute atomic E-state index is 0.0794. The second-order valence-electron chi connectivity index (χ2n) is 5.11. The lowest BCUT2D eigenvalue weighted by atomic mass is 10.3. The van der Waals surface area contributed by atoms with Crippen LogP contribution in [0.1, 0.15) is 19.8 Å². The van der Waals surface area contributed by atoms with Gasteiger partial charge in [-0.3, -0.25) is 4.79 Å². The fourth-order valence-corrected chi connectivity index (χ4v) is 3.20. The van der Waals surface area contributed by atoms with Gasteiger partial charge >= 0.3 is 0 Å². The fraction of sp³-hybridized carbons (Fsp3) is 0.429. The smallest absolute Gasteiger partial charge is 0.288 e. The van der Waals surface area contributed by atoms with Gasteiger partial charge in [0.1, 0.15) is 22.1 Å². The number of anilines is 1. The van der Waals surface area contributed by atoms with Crippen molar-refractivity contribution in [2.45, 2.75) is 31.0 Å². The number of carbonyl (C=O) groups excluding carboxylic acids is 1. The van der Waals surface area contributed by atoms with Gasteiger partial charge < -0.3 is 15.1 Å². The number of benzene rings is 1. The maximum Gasteiger partial charge on any atom is 0.288 e. The Labute approximate surface area is 124 Å². The van der Waals surface area contributed by atoms with Crippen LogP contribution in [0.4, 0.5) is 5.69 Å². The molecule has 0 radical (unpaired) electrons. The van der Waals surface area contributed by atoms with Gasteiger partial charge in [-0.15, -0.1) is 0 Å². The first-order valence-corrected chi connectivity index (χ1v) is 8.24. The maximum absolute atomic E-state index is 12.2. The van der Waals surface area contributed by atoms with Crippen LogP contribution < -0.4 is 5.73 Å². The van der Waals surface area contributed by atoms with Crippen LogP contribution in [0.5, 0.6) is 0 Å². The highest BCUT2D eigenvalue weighted by molar-refractivity contribution is 7.85. The lowest BCUT2D eigenvalue weighted by Gasteiger charge is -2.19. The van der Waals surface area contributed by atoms with Crippen LogP contribution in [0.15, 0.2) is 27.8 Å². The molecule has 2 aromatic rings. The van der Waals surface area contributed by atoms with Crippen molar-refractivity contribution < 1.29 is 13.4 Å². The third-order valence-electron chi connectivity index (χ3n) is 3.49. The summed E-state index contributed by atoms with van der Waals surface area (Å²) in [7, 11) is -1.57. The van der Waals surface area contributed by atoms with E-state index in [0.717, 1.165) is 12.8 Å². The molecule has 3 rings (SSSR count). The Morgan fingerprint density at radius 3 is 2.95 bits per heavy atom. The van der Waals surface area contributed by atoms with Crippen LogP contribution in [0, 0.1) is 0 Å². The van der Waals surface area contributed by atoms with Crippen LogP contribution in [-0.4, -0.2) is 38.3 Å². The van der Waals surface area contributed by atoms with Crippen LogP contribution >= 0.6 is 0 Å². The molecule has 0 saturated heterocycles. The van der Waals surface area contributed by atoms with E-state index in [1.165, 1.54) is 0 Å². The molecule has 1 heterocycles. The molecule has 1 atom stereocenters. The number of nitrogens with zero attached hydrogens (tertiary/aromatic N) is 2. The van der Waals surface area contributed by atoms with E-state index in [1.807, 2.05) is 6.92 Å². The van der Waals surface area contributed by atoms with Crippen LogP contribution in [0.2, 0.25) is 0 Å². The maximum atomic E-state index is 12.2. The van der Waals surface area contributed by atoms with Crippen molar-refractivity contribution in [3.8, 4) is 0 Å². The average Bonchev–Trinajstić information content (AvgIpc) is 3.17.